The number of rotatable bonds is 8. The molecule has 2 heterocycles. The van der Waals surface area contributed by atoms with Gasteiger partial charge in [-0.15, -0.1) is 10.2 Å². The van der Waals surface area contributed by atoms with Crippen molar-refractivity contribution in [1.82, 2.24) is 15.5 Å². The van der Waals surface area contributed by atoms with Crippen LogP contribution in [0.2, 0.25) is 0 Å². The summed E-state index contributed by atoms with van der Waals surface area (Å²) in [7, 11) is 2.09. The third-order valence-corrected chi connectivity index (χ3v) is 6.32. The topological polar surface area (TPSA) is 61.4 Å². The van der Waals surface area contributed by atoms with Gasteiger partial charge in [0, 0.05) is 50.4 Å². The predicted octanol–water partition coefficient (Wildman–Crippen LogP) is 4.31. The molecule has 1 fully saturated rings. The van der Waals surface area contributed by atoms with Crippen LogP contribution in [0.25, 0.3) is 11.3 Å². The molecule has 33 heavy (non-hydrogen) atoms. The molecule has 0 unspecified atom stereocenters. The second kappa shape index (κ2) is 10.9. The molecule has 0 bridgehead atoms. The highest BCUT2D eigenvalue weighted by molar-refractivity contribution is 5.79. The first-order valence-corrected chi connectivity index (χ1v) is 11.8. The second-order valence-corrected chi connectivity index (χ2v) is 8.81. The van der Waals surface area contributed by atoms with E-state index in [0.29, 0.717) is 6.54 Å². The van der Waals surface area contributed by atoms with Crippen LogP contribution in [-0.2, 0) is 4.79 Å². The molecule has 6 heteroatoms. The molecule has 1 amide bonds. The van der Waals surface area contributed by atoms with Crippen LogP contribution in [0.5, 0.6) is 0 Å². The van der Waals surface area contributed by atoms with Gasteiger partial charge in [-0.25, -0.2) is 0 Å². The maximum atomic E-state index is 12.6. The monoisotopic (exact) mass is 443 g/mol. The Hall–Kier alpha value is -3.41. The second-order valence-electron chi connectivity index (χ2n) is 8.81. The third kappa shape index (κ3) is 6.09. The average Bonchev–Trinajstić information content (AvgIpc) is 2.87. The third-order valence-electron chi connectivity index (χ3n) is 6.32. The summed E-state index contributed by atoms with van der Waals surface area (Å²) in [6, 6.07) is 22.7. The zero-order chi connectivity index (χ0) is 23.0. The largest absolute Gasteiger partial charge is 0.375 e. The Balaban J connectivity index is 1.19. The number of anilines is 2. The van der Waals surface area contributed by atoms with E-state index in [4.69, 9.17) is 0 Å². The highest BCUT2D eigenvalue weighted by Gasteiger charge is 2.25. The summed E-state index contributed by atoms with van der Waals surface area (Å²) in [6.45, 7) is 5.36. The minimum atomic E-state index is 0.0765. The number of nitrogens with one attached hydrogen (secondary N) is 1. The zero-order valence-electron chi connectivity index (χ0n) is 19.6. The van der Waals surface area contributed by atoms with Crippen LogP contribution in [0, 0.1) is 12.8 Å². The van der Waals surface area contributed by atoms with Crippen molar-refractivity contribution < 1.29 is 4.79 Å². The minimum absolute atomic E-state index is 0.0765. The Morgan fingerprint density at radius 1 is 1.03 bits per heavy atom. The van der Waals surface area contributed by atoms with Crippen LogP contribution >= 0.6 is 0 Å². The molecule has 0 radical (unpaired) electrons. The van der Waals surface area contributed by atoms with Crippen LogP contribution < -0.4 is 15.1 Å². The number of nitrogens with zero attached hydrogens (tertiary/aromatic N) is 4. The van der Waals surface area contributed by atoms with Gasteiger partial charge in [-0.2, -0.15) is 0 Å². The van der Waals surface area contributed by atoms with E-state index in [1.807, 2.05) is 36.4 Å². The van der Waals surface area contributed by atoms with Crippen LogP contribution in [0.3, 0.4) is 0 Å². The van der Waals surface area contributed by atoms with Crippen molar-refractivity contribution in [3.05, 3.63) is 72.3 Å². The summed E-state index contributed by atoms with van der Waals surface area (Å²) >= 11 is 0. The molecule has 0 atom stereocenters. The van der Waals surface area contributed by atoms with Crippen LogP contribution in [0.1, 0.15) is 24.8 Å². The lowest BCUT2D eigenvalue weighted by atomic mass is 9.96. The fraction of sp³-hybridized carbons (Fsp3) is 0.370. The smallest absolute Gasteiger partial charge is 0.223 e. The first kappa shape index (κ1) is 22.8. The van der Waals surface area contributed by atoms with Crippen LogP contribution in [-0.4, -0.2) is 49.3 Å². The lowest BCUT2D eigenvalue weighted by Crippen LogP contribution is -2.41. The summed E-state index contributed by atoms with van der Waals surface area (Å²) < 4.78 is 0. The molecule has 1 aromatic heterocycles. The standard InChI is InChI=1S/C27H33N5O/c1-21-8-6-9-23(20-21)25-12-13-26(30-29-25)32-18-14-22(15-19-32)27(33)28-16-7-17-31(2)24-10-4-3-5-11-24/h3-6,8-13,20,22H,7,14-19H2,1-2H3,(H,28,33). The molecule has 1 saturated heterocycles. The Morgan fingerprint density at radius 2 is 1.82 bits per heavy atom. The van der Waals surface area contributed by atoms with Gasteiger partial charge in [0.15, 0.2) is 5.82 Å². The number of aromatic nitrogens is 2. The van der Waals surface area contributed by atoms with Crippen molar-refractivity contribution in [2.45, 2.75) is 26.2 Å². The highest BCUT2D eigenvalue weighted by Crippen LogP contribution is 2.24. The molecule has 6 nitrogen and oxygen atoms in total. The van der Waals surface area contributed by atoms with Crippen molar-refractivity contribution in [2.75, 3.05) is 43.0 Å². The molecule has 0 aliphatic carbocycles. The molecular weight excluding hydrogens is 410 g/mol. The Kier molecular flexibility index (Phi) is 7.55. The van der Waals surface area contributed by atoms with Gasteiger partial charge >= 0.3 is 0 Å². The molecule has 2 aromatic carbocycles. The molecule has 172 valence electrons. The van der Waals surface area contributed by atoms with E-state index in [-0.39, 0.29) is 11.8 Å². The van der Waals surface area contributed by atoms with Crippen molar-refractivity contribution in [3.63, 3.8) is 0 Å². The number of hydrogen-bond acceptors (Lipinski definition) is 5. The van der Waals surface area contributed by atoms with E-state index < -0.39 is 0 Å². The number of piperidine rings is 1. The molecule has 1 N–H and O–H groups in total. The van der Waals surface area contributed by atoms with Gasteiger partial charge in [0.25, 0.3) is 0 Å². The Labute approximate surface area is 196 Å². The quantitative estimate of drug-likeness (QED) is 0.526. The predicted molar refractivity (Wildman–Crippen MR) is 134 cm³/mol. The van der Waals surface area contributed by atoms with Gasteiger partial charge in [-0.3, -0.25) is 4.79 Å². The van der Waals surface area contributed by atoms with E-state index in [2.05, 4.69) is 69.6 Å². The van der Waals surface area contributed by atoms with Crippen molar-refractivity contribution in [2.24, 2.45) is 5.92 Å². The van der Waals surface area contributed by atoms with E-state index >= 15 is 0 Å². The lowest BCUT2D eigenvalue weighted by Gasteiger charge is -2.32. The molecular formula is C27H33N5O. The SMILES string of the molecule is Cc1cccc(-c2ccc(N3CCC(C(=O)NCCCN(C)c4ccccc4)CC3)nn2)c1. The molecule has 1 aliphatic rings. The number of amides is 1. The number of carbonyl (C=O) groups excluding carboxylic acids is 1. The van der Waals surface area contributed by atoms with Crippen LogP contribution in [0.4, 0.5) is 11.5 Å². The highest BCUT2D eigenvalue weighted by atomic mass is 16.1. The van der Waals surface area contributed by atoms with Gasteiger partial charge in [0.1, 0.15) is 0 Å². The van der Waals surface area contributed by atoms with Gasteiger partial charge < -0.3 is 15.1 Å². The normalized spacial score (nSPS) is 14.2. The Morgan fingerprint density at radius 3 is 2.52 bits per heavy atom. The maximum Gasteiger partial charge on any atom is 0.223 e. The fourth-order valence-corrected chi connectivity index (χ4v) is 4.31. The van der Waals surface area contributed by atoms with E-state index in [1.165, 1.54) is 11.3 Å². The van der Waals surface area contributed by atoms with Gasteiger partial charge in [0.2, 0.25) is 5.91 Å². The summed E-state index contributed by atoms with van der Waals surface area (Å²) in [5.74, 6) is 1.14. The first-order valence-electron chi connectivity index (χ1n) is 11.8. The number of carbonyl (C=O) groups is 1. The van der Waals surface area contributed by atoms with Gasteiger partial charge in [0.05, 0.1) is 5.69 Å². The molecule has 0 spiro atoms. The Bertz CT molecular complexity index is 1030. The zero-order valence-corrected chi connectivity index (χ0v) is 19.6. The van der Waals surface area contributed by atoms with Gasteiger partial charge in [-0.1, -0.05) is 42.0 Å². The number of aryl methyl sites for hydroxylation is 1. The number of benzene rings is 2. The summed E-state index contributed by atoms with van der Waals surface area (Å²) in [5.41, 5.74) is 4.38. The average molecular weight is 444 g/mol. The number of para-hydroxylation sites is 1. The fourth-order valence-electron chi connectivity index (χ4n) is 4.31. The van der Waals surface area contributed by atoms with E-state index in [0.717, 1.165) is 56.0 Å². The molecule has 1 aliphatic heterocycles. The minimum Gasteiger partial charge on any atom is -0.375 e. The van der Waals surface area contributed by atoms with Crippen molar-refractivity contribution in [1.29, 1.82) is 0 Å². The van der Waals surface area contributed by atoms with E-state index in [1.54, 1.807) is 0 Å². The summed E-state index contributed by atoms with van der Waals surface area (Å²) in [6.07, 6.45) is 2.62. The number of hydrogen-bond donors (Lipinski definition) is 1. The van der Waals surface area contributed by atoms with Gasteiger partial charge in [-0.05, 0) is 56.5 Å². The summed E-state index contributed by atoms with van der Waals surface area (Å²) in [4.78, 5) is 17.1. The maximum absolute atomic E-state index is 12.6. The molecule has 0 saturated carbocycles. The van der Waals surface area contributed by atoms with E-state index in [9.17, 15) is 4.79 Å². The first-order chi connectivity index (χ1) is 16.1. The van der Waals surface area contributed by atoms with Crippen LogP contribution in [0.15, 0.2) is 66.7 Å². The summed E-state index contributed by atoms with van der Waals surface area (Å²) in [5, 5.41) is 12.0. The molecule has 4 rings (SSSR count). The lowest BCUT2D eigenvalue weighted by molar-refractivity contribution is -0.125. The molecule has 3 aromatic rings. The van der Waals surface area contributed by atoms with Crippen molar-refractivity contribution in [3.8, 4) is 11.3 Å². The van der Waals surface area contributed by atoms with Crippen molar-refractivity contribution >= 4 is 17.4 Å².